The lowest BCUT2D eigenvalue weighted by Crippen LogP contribution is -2.43. The van der Waals surface area contributed by atoms with Gasteiger partial charge in [0, 0.05) is 6.54 Å². The fraction of sp³-hybridized carbons (Fsp3) is 0.778. The maximum absolute atomic E-state index is 11.0. The second-order valence-corrected chi connectivity index (χ2v) is 3.01. The molecule has 0 saturated carbocycles. The van der Waals surface area contributed by atoms with Crippen LogP contribution < -0.4 is 11.1 Å². The van der Waals surface area contributed by atoms with Gasteiger partial charge in [-0.25, -0.2) is 4.79 Å². The first-order valence-electron chi connectivity index (χ1n) is 4.76. The maximum Gasteiger partial charge on any atom is 0.328 e. The highest BCUT2D eigenvalue weighted by Crippen LogP contribution is 1.88. The van der Waals surface area contributed by atoms with Gasteiger partial charge >= 0.3 is 5.97 Å². The lowest BCUT2D eigenvalue weighted by Gasteiger charge is -2.11. The highest BCUT2D eigenvalue weighted by atomic mass is 16.5. The van der Waals surface area contributed by atoms with Gasteiger partial charge in [-0.15, -0.1) is 0 Å². The second-order valence-electron chi connectivity index (χ2n) is 3.01. The van der Waals surface area contributed by atoms with Crippen LogP contribution in [0.5, 0.6) is 0 Å². The Morgan fingerprint density at radius 2 is 2.29 bits per heavy atom. The number of esters is 1. The van der Waals surface area contributed by atoms with Gasteiger partial charge in [-0.3, -0.25) is 4.99 Å². The van der Waals surface area contributed by atoms with Crippen molar-refractivity contribution in [2.45, 2.75) is 32.7 Å². The van der Waals surface area contributed by atoms with E-state index in [9.17, 15) is 4.79 Å². The van der Waals surface area contributed by atoms with Gasteiger partial charge < -0.3 is 15.8 Å². The molecule has 1 unspecified atom stereocenters. The summed E-state index contributed by atoms with van der Waals surface area (Å²) in [5.74, 6) is -0.0602. The summed E-state index contributed by atoms with van der Waals surface area (Å²) in [5.41, 5.74) is 5.54. The van der Waals surface area contributed by atoms with Crippen molar-refractivity contribution in [1.82, 2.24) is 5.32 Å². The molecular formula is C9H19N3O2. The Labute approximate surface area is 84.7 Å². The Bertz CT molecular complexity index is 204. The monoisotopic (exact) mass is 201 g/mol. The largest absolute Gasteiger partial charge is 0.467 e. The van der Waals surface area contributed by atoms with E-state index >= 15 is 0 Å². The van der Waals surface area contributed by atoms with E-state index in [1.165, 1.54) is 7.11 Å². The number of nitrogens with one attached hydrogen (secondary N) is 1. The molecule has 0 amide bonds. The number of nitrogens with two attached hydrogens (primary N) is 1. The normalized spacial score (nSPS) is 13.5. The number of unbranched alkanes of at least 4 members (excludes halogenated alkanes) is 1. The molecular weight excluding hydrogens is 182 g/mol. The van der Waals surface area contributed by atoms with E-state index in [4.69, 9.17) is 5.73 Å². The summed E-state index contributed by atoms with van der Waals surface area (Å²) < 4.78 is 4.53. The fourth-order valence-electron chi connectivity index (χ4n) is 0.861. The zero-order valence-corrected chi connectivity index (χ0v) is 9.04. The number of aliphatic imine (C=N–C) groups is 1. The van der Waals surface area contributed by atoms with Crippen molar-refractivity contribution < 1.29 is 9.53 Å². The molecule has 0 heterocycles. The molecule has 0 aromatic rings. The second kappa shape index (κ2) is 7.17. The Balaban J connectivity index is 3.85. The van der Waals surface area contributed by atoms with Crippen LogP contribution in [0.15, 0.2) is 4.99 Å². The Morgan fingerprint density at radius 1 is 1.64 bits per heavy atom. The molecule has 0 spiro atoms. The lowest BCUT2D eigenvalue weighted by molar-refractivity contribution is -0.142. The molecule has 3 N–H and O–H groups in total. The third kappa shape index (κ3) is 5.40. The first-order chi connectivity index (χ1) is 6.61. The molecule has 0 radical (unpaired) electrons. The average Bonchev–Trinajstić information content (AvgIpc) is 2.16. The molecule has 0 saturated heterocycles. The number of methoxy groups -OCH3 is 1. The van der Waals surface area contributed by atoms with Crippen LogP contribution in [0.4, 0.5) is 0 Å². The van der Waals surface area contributed by atoms with Crippen molar-refractivity contribution in [2.24, 2.45) is 10.7 Å². The summed E-state index contributed by atoms with van der Waals surface area (Å²) in [7, 11) is 1.34. The standard InChI is InChI=1S/C9H19N3O2/c1-4-5-6-11-9(10)12-7(2)8(13)14-3/h7H,4-6H2,1-3H3,(H3,10,11,12). The van der Waals surface area contributed by atoms with Crippen LogP contribution >= 0.6 is 0 Å². The lowest BCUT2D eigenvalue weighted by atomic mass is 10.3. The number of hydrogen-bond acceptors (Lipinski definition) is 3. The third-order valence-electron chi connectivity index (χ3n) is 1.71. The van der Waals surface area contributed by atoms with Gasteiger partial charge in [0.25, 0.3) is 0 Å². The van der Waals surface area contributed by atoms with Gasteiger partial charge in [-0.1, -0.05) is 13.3 Å². The molecule has 0 aliphatic rings. The van der Waals surface area contributed by atoms with Gasteiger partial charge in [0.1, 0.15) is 6.04 Å². The number of carbonyl (C=O) groups excluding carboxylic acids is 1. The first-order valence-corrected chi connectivity index (χ1v) is 4.76. The minimum Gasteiger partial charge on any atom is -0.467 e. The van der Waals surface area contributed by atoms with Gasteiger partial charge in [-0.05, 0) is 13.3 Å². The topological polar surface area (TPSA) is 76.7 Å². The summed E-state index contributed by atoms with van der Waals surface area (Å²) in [6, 6.07) is -0.453. The quantitative estimate of drug-likeness (QED) is 0.289. The van der Waals surface area contributed by atoms with Crippen molar-refractivity contribution in [3.8, 4) is 0 Å². The first kappa shape index (κ1) is 12.7. The van der Waals surface area contributed by atoms with E-state index in [0.717, 1.165) is 12.8 Å². The molecule has 0 aliphatic heterocycles. The number of hydrogen-bond donors (Lipinski definition) is 2. The van der Waals surface area contributed by atoms with Crippen molar-refractivity contribution in [1.29, 1.82) is 0 Å². The Kier molecular flexibility index (Phi) is 6.53. The molecule has 14 heavy (non-hydrogen) atoms. The third-order valence-corrected chi connectivity index (χ3v) is 1.71. The zero-order chi connectivity index (χ0) is 11.0. The molecule has 5 nitrogen and oxygen atoms in total. The summed E-state index contributed by atoms with van der Waals surface area (Å²) in [5, 5.41) is 2.74. The molecule has 0 aromatic carbocycles. The maximum atomic E-state index is 11.0. The smallest absolute Gasteiger partial charge is 0.328 e. The van der Waals surface area contributed by atoms with E-state index in [2.05, 4.69) is 22.0 Å². The predicted molar refractivity (Wildman–Crippen MR) is 56.0 cm³/mol. The summed E-state index contributed by atoms with van der Waals surface area (Å²) in [6.45, 7) is 4.44. The van der Waals surface area contributed by atoms with E-state index in [-0.39, 0.29) is 11.9 Å². The Hall–Kier alpha value is -1.26. The van der Waals surface area contributed by atoms with Crippen molar-refractivity contribution in [2.75, 3.05) is 13.7 Å². The number of ether oxygens (including phenoxy) is 1. The minimum absolute atomic E-state index is 0.288. The van der Waals surface area contributed by atoms with Crippen molar-refractivity contribution >= 4 is 11.9 Å². The van der Waals surface area contributed by atoms with E-state index < -0.39 is 6.04 Å². The summed E-state index contributed by atoms with van der Waals surface area (Å²) in [6.07, 6.45) is 2.07. The molecule has 0 aliphatic carbocycles. The van der Waals surface area contributed by atoms with Crippen LogP contribution in [0.1, 0.15) is 26.7 Å². The van der Waals surface area contributed by atoms with Gasteiger partial charge in [0.15, 0.2) is 5.96 Å². The molecule has 0 fully saturated rings. The van der Waals surface area contributed by atoms with Crippen LogP contribution in [0.2, 0.25) is 0 Å². The van der Waals surface area contributed by atoms with Crippen molar-refractivity contribution in [3.63, 3.8) is 0 Å². The summed E-state index contributed by atoms with van der Waals surface area (Å²) >= 11 is 0. The fourth-order valence-corrected chi connectivity index (χ4v) is 0.861. The minimum atomic E-state index is -0.453. The van der Waals surface area contributed by atoms with Crippen LogP contribution in [0, 0.1) is 0 Å². The Morgan fingerprint density at radius 3 is 2.79 bits per heavy atom. The predicted octanol–water partition coefficient (Wildman–Crippen LogP) is 0.252. The molecule has 0 bridgehead atoms. The number of guanidine groups is 1. The number of carbonyl (C=O) groups is 1. The van der Waals surface area contributed by atoms with Gasteiger partial charge in [-0.2, -0.15) is 0 Å². The van der Waals surface area contributed by atoms with Gasteiger partial charge in [0.2, 0.25) is 0 Å². The zero-order valence-electron chi connectivity index (χ0n) is 9.04. The van der Waals surface area contributed by atoms with Crippen LogP contribution in [-0.2, 0) is 9.53 Å². The van der Waals surface area contributed by atoms with Crippen LogP contribution in [0.3, 0.4) is 0 Å². The van der Waals surface area contributed by atoms with E-state index in [1.807, 2.05) is 0 Å². The number of nitrogens with zero attached hydrogens (tertiary/aromatic N) is 1. The SMILES string of the molecule is CCCCN=C(N)NC(C)C(=O)OC. The van der Waals surface area contributed by atoms with E-state index in [1.54, 1.807) is 6.92 Å². The molecule has 5 heteroatoms. The number of rotatable bonds is 5. The summed E-state index contributed by atoms with van der Waals surface area (Å²) in [4.78, 5) is 15.0. The molecule has 0 rings (SSSR count). The highest BCUT2D eigenvalue weighted by molar-refractivity contribution is 5.85. The van der Waals surface area contributed by atoms with Crippen LogP contribution in [-0.4, -0.2) is 31.6 Å². The highest BCUT2D eigenvalue weighted by Gasteiger charge is 2.12. The van der Waals surface area contributed by atoms with Crippen LogP contribution in [0.25, 0.3) is 0 Å². The van der Waals surface area contributed by atoms with Gasteiger partial charge in [0.05, 0.1) is 7.11 Å². The average molecular weight is 201 g/mol. The molecule has 1 atom stereocenters. The van der Waals surface area contributed by atoms with Crippen molar-refractivity contribution in [3.05, 3.63) is 0 Å². The molecule has 0 aromatic heterocycles. The molecule has 82 valence electrons. The van der Waals surface area contributed by atoms with E-state index in [0.29, 0.717) is 6.54 Å².